The Kier molecular flexibility index (Phi) is 3.22. The number of hydrogen-bond acceptors (Lipinski definition) is 2. The zero-order valence-electron chi connectivity index (χ0n) is 8.63. The third-order valence-electron chi connectivity index (χ3n) is 2.68. The van der Waals surface area contributed by atoms with Crippen molar-refractivity contribution in [2.75, 3.05) is 6.61 Å². The maximum absolute atomic E-state index is 12.1. The van der Waals surface area contributed by atoms with Crippen molar-refractivity contribution in [3.8, 4) is 0 Å². The number of halogens is 1. The molecule has 80 valence electrons. The number of aryl methyl sites for hydroxylation is 1. The van der Waals surface area contributed by atoms with Crippen molar-refractivity contribution in [1.82, 2.24) is 0 Å². The van der Waals surface area contributed by atoms with Gasteiger partial charge in [0.15, 0.2) is 5.78 Å². The van der Waals surface area contributed by atoms with E-state index in [2.05, 4.69) is 15.9 Å². The molecule has 2 rings (SSSR count). The van der Waals surface area contributed by atoms with Crippen molar-refractivity contribution in [2.24, 2.45) is 0 Å². The van der Waals surface area contributed by atoms with Gasteiger partial charge in [0, 0.05) is 16.6 Å². The van der Waals surface area contributed by atoms with Gasteiger partial charge in [0.25, 0.3) is 0 Å². The highest BCUT2D eigenvalue weighted by molar-refractivity contribution is 9.10. The van der Waals surface area contributed by atoms with E-state index in [9.17, 15) is 4.79 Å². The van der Waals surface area contributed by atoms with E-state index >= 15 is 0 Å². The van der Waals surface area contributed by atoms with Gasteiger partial charge >= 0.3 is 0 Å². The third kappa shape index (κ3) is 2.13. The molecule has 2 nitrogen and oxygen atoms in total. The van der Waals surface area contributed by atoms with Gasteiger partial charge in [-0.1, -0.05) is 18.2 Å². The minimum Gasteiger partial charge on any atom is -0.370 e. The van der Waals surface area contributed by atoms with Crippen LogP contribution in [0.3, 0.4) is 0 Å². The van der Waals surface area contributed by atoms with Crippen LogP contribution in [0.15, 0.2) is 22.7 Å². The molecule has 1 saturated heterocycles. The lowest BCUT2D eigenvalue weighted by Gasteiger charge is -2.10. The highest BCUT2D eigenvalue weighted by Crippen LogP contribution is 2.25. The van der Waals surface area contributed by atoms with Crippen molar-refractivity contribution >= 4 is 21.7 Å². The molecule has 0 spiro atoms. The first-order valence-electron chi connectivity index (χ1n) is 5.11. The second-order valence-corrected chi connectivity index (χ2v) is 4.60. The molecule has 0 bridgehead atoms. The van der Waals surface area contributed by atoms with Gasteiger partial charge in [-0.15, -0.1) is 0 Å². The largest absolute Gasteiger partial charge is 0.370 e. The second-order valence-electron chi connectivity index (χ2n) is 3.80. The lowest BCUT2D eigenvalue weighted by atomic mass is 10.0. The first kappa shape index (κ1) is 10.8. The molecule has 3 heteroatoms. The Morgan fingerprint density at radius 2 is 2.33 bits per heavy atom. The Labute approximate surface area is 97.8 Å². The summed E-state index contributed by atoms with van der Waals surface area (Å²) in [7, 11) is 0. The molecule has 0 aromatic heterocycles. The fourth-order valence-corrected chi connectivity index (χ4v) is 2.26. The molecule has 1 heterocycles. The summed E-state index contributed by atoms with van der Waals surface area (Å²) in [6.45, 7) is 2.69. The fraction of sp³-hybridized carbons (Fsp3) is 0.417. The van der Waals surface area contributed by atoms with E-state index < -0.39 is 0 Å². The molecule has 1 fully saturated rings. The standard InChI is InChI=1S/C12H13BrO2/c1-8-4-2-5-9(11(8)13)12(14)10-6-3-7-15-10/h2,4-5,10H,3,6-7H2,1H3. The predicted molar refractivity (Wildman–Crippen MR) is 62.2 cm³/mol. The van der Waals surface area contributed by atoms with E-state index in [4.69, 9.17) is 4.74 Å². The summed E-state index contributed by atoms with van der Waals surface area (Å²) in [5.41, 5.74) is 1.82. The number of hydrogen-bond donors (Lipinski definition) is 0. The molecule has 0 N–H and O–H groups in total. The van der Waals surface area contributed by atoms with Crippen molar-refractivity contribution in [2.45, 2.75) is 25.9 Å². The van der Waals surface area contributed by atoms with Crippen molar-refractivity contribution in [3.05, 3.63) is 33.8 Å². The number of ether oxygens (including phenoxy) is 1. The number of carbonyl (C=O) groups excluding carboxylic acids is 1. The topological polar surface area (TPSA) is 26.3 Å². The number of Topliss-reactive ketones (excluding diaryl/α,β-unsaturated/α-hetero) is 1. The normalized spacial score (nSPS) is 20.5. The van der Waals surface area contributed by atoms with Crippen LogP contribution in [-0.2, 0) is 4.74 Å². The average Bonchev–Trinajstić information content (AvgIpc) is 2.74. The zero-order chi connectivity index (χ0) is 10.8. The van der Waals surface area contributed by atoms with Gasteiger partial charge in [0.05, 0.1) is 0 Å². The van der Waals surface area contributed by atoms with Crippen LogP contribution in [0.5, 0.6) is 0 Å². The molecule has 15 heavy (non-hydrogen) atoms. The van der Waals surface area contributed by atoms with Crippen LogP contribution in [0.1, 0.15) is 28.8 Å². The van der Waals surface area contributed by atoms with E-state index in [1.807, 2.05) is 25.1 Å². The van der Waals surface area contributed by atoms with Crippen LogP contribution >= 0.6 is 15.9 Å². The molecular weight excluding hydrogens is 256 g/mol. The minimum absolute atomic E-state index is 0.100. The first-order valence-corrected chi connectivity index (χ1v) is 5.90. The van der Waals surface area contributed by atoms with Gasteiger partial charge in [-0.3, -0.25) is 4.79 Å². The molecule has 0 aliphatic carbocycles. The molecule has 1 unspecified atom stereocenters. The maximum Gasteiger partial charge on any atom is 0.192 e. The molecule has 1 aliphatic rings. The Morgan fingerprint density at radius 3 is 3.00 bits per heavy atom. The summed E-state index contributed by atoms with van der Waals surface area (Å²) in [5, 5.41) is 0. The van der Waals surface area contributed by atoms with E-state index in [1.54, 1.807) is 0 Å². The van der Waals surface area contributed by atoms with Crippen molar-refractivity contribution in [3.63, 3.8) is 0 Å². The third-order valence-corrected chi connectivity index (χ3v) is 3.73. The van der Waals surface area contributed by atoms with Crippen LogP contribution in [0.2, 0.25) is 0 Å². The lowest BCUT2D eigenvalue weighted by molar-refractivity contribution is 0.0642. The van der Waals surface area contributed by atoms with Crippen molar-refractivity contribution in [1.29, 1.82) is 0 Å². The SMILES string of the molecule is Cc1cccc(C(=O)C2CCCO2)c1Br. The Bertz CT molecular complexity index is 381. The molecular formula is C12H13BrO2. The van der Waals surface area contributed by atoms with Crippen LogP contribution in [0, 0.1) is 6.92 Å². The number of carbonyl (C=O) groups is 1. The molecule has 0 radical (unpaired) electrons. The second kappa shape index (κ2) is 4.45. The highest BCUT2D eigenvalue weighted by Gasteiger charge is 2.26. The number of ketones is 1. The Hall–Kier alpha value is -0.670. The Morgan fingerprint density at radius 1 is 1.53 bits per heavy atom. The first-order chi connectivity index (χ1) is 7.20. The minimum atomic E-state index is -0.233. The average molecular weight is 269 g/mol. The Balaban J connectivity index is 2.28. The van der Waals surface area contributed by atoms with Crippen molar-refractivity contribution < 1.29 is 9.53 Å². The highest BCUT2D eigenvalue weighted by atomic mass is 79.9. The summed E-state index contributed by atoms with van der Waals surface area (Å²) in [5.74, 6) is 0.100. The van der Waals surface area contributed by atoms with E-state index in [1.165, 1.54) is 0 Å². The summed E-state index contributed by atoms with van der Waals surface area (Å²) < 4.78 is 6.29. The van der Waals surface area contributed by atoms with E-state index in [-0.39, 0.29) is 11.9 Å². The molecule has 1 atom stereocenters. The quantitative estimate of drug-likeness (QED) is 0.771. The van der Waals surface area contributed by atoms with Crippen LogP contribution in [-0.4, -0.2) is 18.5 Å². The molecule has 0 saturated carbocycles. The molecule has 1 aliphatic heterocycles. The molecule has 0 amide bonds. The zero-order valence-corrected chi connectivity index (χ0v) is 10.2. The number of benzene rings is 1. The van der Waals surface area contributed by atoms with Crippen LogP contribution in [0.4, 0.5) is 0 Å². The summed E-state index contributed by atoms with van der Waals surface area (Å²) in [6.07, 6.45) is 1.60. The monoisotopic (exact) mass is 268 g/mol. The van der Waals surface area contributed by atoms with Gasteiger partial charge in [0.1, 0.15) is 6.10 Å². The maximum atomic E-state index is 12.1. The summed E-state index contributed by atoms with van der Waals surface area (Å²) in [6, 6.07) is 5.74. The molecule has 1 aromatic rings. The van der Waals surface area contributed by atoms with E-state index in [0.29, 0.717) is 6.61 Å². The fourth-order valence-electron chi connectivity index (χ4n) is 1.80. The molecule has 1 aromatic carbocycles. The summed E-state index contributed by atoms with van der Waals surface area (Å²) in [4.78, 5) is 12.1. The van der Waals surface area contributed by atoms with Gasteiger partial charge in [0.2, 0.25) is 0 Å². The summed E-state index contributed by atoms with van der Waals surface area (Å²) >= 11 is 3.45. The van der Waals surface area contributed by atoms with Gasteiger partial charge in [-0.25, -0.2) is 0 Å². The van der Waals surface area contributed by atoms with Crippen LogP contribution in [0.25, 0.3) is 0 Å². The van der Waals surface area contributed by atoms with Gasteiger partial charge in [-0.05, 0) is 41.3 Å². The smallest absolute Gasteiger partial charge is 0.192 e. The van der Waals surface area contributed by atoms with Gasteiger partial charge in [-0.2, -0.15) is 0 Å². The number of rotatable bonds is 2. The van der Waals surface area contributed by atoms with E-state index in [0.717, 1.165) is 28.4 Å². The lowest BCUT2D eigenvalue weighted by Crippen LogP contribution is -2.20. The van der Waals surface area contributed by atoms with Gasteiger partial charge < -0.3 is 4.74 Å². The predicted octanol–water partition coefficient (Wildman–Crippen LogP) is 3.12. The van der Waals surface area contributed by atoms with Crippen LogP contribution < -0.4 is 0 Å².